The lowest BCUT2D eigenvalue weighted by atomic mass is 9.95. The van der Waals surface area contributed by atoms with Crippen LogP contribution in [0.25, 0.3) is 0 Å². The maximum Gasteiger partial charge on any atom is 0.416 e. The summed E-state index contributed by atoms with van der Waals surface area (Å²) in [5.74, 6) is -0.138. The molecule has 0 bridgehead atoms. The molecule has 0 unspecified atom stereocenters. The van der Waals surface area contributed by atoms with Crippen molar-refractivity contribution < 1.29 is 32.5 Å². The SMILES string of the molecule is Cn1cc2c(n1)CCN(Cc1c(C(F)(F)F)ccc3c1CC[C@H]3Oc1ccc(OCC(=O)O)cc1)C2. The third-order valence-corrected chi connectivity index (χ3v) is 6.67. The number of rotatable bonds is 7. The topological polar surface area (TPSA) is 76.8 Å². The van der Waals surface area contributed by atoms with E-state index in [9.17, 15) is 18.0 Å². The van der Waals surface area contributed by atoms with Crippen LogP contribution in [0, 0.1) is 0 Å². The summed E-state index contributed by atoms with van der Waals surface area (Å²) in [7, 11) is 1.85. The summed E-state index contributed by atoms with van der Waals surface area (Å²) in [6, 6.07) is 9.26. The summed E-state index contributed by atoms with van der Waals surface area (Å²) in [5, 5.41) is 13.2. The molecule has 7 nitrogen and oxygen atoms in total. The van der Waals surface area contributed by atoms with E-state index in [2.05, 4.69) is 10.00 Å². The van der Waals surface area contributed by atoms with Gasteiger partial charge in [-0.25, -0.2) is 4.79 Å². The van der Waals surface area contributed by atoms with Crippen LogP contribution in [0.2, 0.25) is 0 Å². The van der Waals surface area contributed by atoms with Crippen molar-refractivity contribution >= 4 is 5.97 Å². The van der Waals surface area contributed by atoms with Crippen LogP contribution in [-0.4, -0.2) is 38.9 Å². The minimum absolute atomic E-state index is 0.217. The lowest BCUT2D eigenvalue weighted by Gasteiger charge is -2.28. The van der Waals surface area contributed by atoms with E-state index >= 15 is 0 Å². The van der Waals surface area contributed by atoms with E-state index in [4.69, 9.17) is 14.6 Å². The Bertz CT molecular complexity index is 1270. The number of aromatic nitrogens is 2. The standard InChI is InChI=1S/C26H26F3N3O4/c1-31-12-16-13-32(11-10-23(16)30-31)14-21-19-7-9-24(20(19)6-8-22(21)26(27,28)29)36-18-4-2-17(3-5-18)35-15-25(33)34/h2-6,8,12,24H,7,9-11,13-15H2,1H3,(H,33,34)/t24-/m1/s1. The fourth-order valence-corrected chi connectivity index (χ4v) is 5.10. The molecule has 1 N–H and O–H groups in total. The van der Waals surface area contributed by atoms with Gasteiger partial charge in [-0.15, -0.1) is 0 Å². The zero-order chi connectivity index (χ0) is 25.4. The molecule has 0 amide bonds. The first-order chi connectivity index (χ1) is 17.2. The van der Waals surface area contributed by atoms with Crippen LogP contribution in [0.3, 0.4) is 0 Å². The molecule has 2 aliphatic rings. The molecular formula is C26H26F3N3O4. The number of aryl methyl sites for hydroxylation is 1. The van der Waals surface area contributed by atoms with E-state index in [0.717, 1.165) is 16.8 Å². The summed E-state index contributed by atoms with van der Waals surface area (Å²) in [4.78, 5) is 12.7. The Morgan fingerprint density at radius 1 is 1.14 bits per heavy atom. The number of alkyl halides is 3. The maximum atomic E-state index is 14.0. The van der Waals surface area contributed by atoms with E-state index in [1.807, 2.05) is 13.2 Å². The largest absolute Gasteiger partial charge is 0.486 e. The van der Waals surface area contributed by atoms with Crippen molar-refractivity contribution in [2.45, 2.75) is 44.6 Å². The lowest BCUT2D eigenvalue weighted by Crippen LogP contribution is -2.31. The summed E-state index contributed by atoms with van der Waals surface area (Å²) in [5.41, 5.74) is 3.31. The molecule has 36 heavy (non-hydrogen) atoms. The molecule has 2 heterocycles. The summed E-state index contributed by atoms with van der Waals surface area (Å²) >= 11 is 0. The van der Waals surface area contributed by atoms with Gasteiger partial charge in [0.15, 0.2) is 6.61 Å². The van der Waals surface area contributed by atoms with Gasteiger partial charge in [0.25, 0.3) is 0 Å². The first-order valence-corrected chi connectivity index (χ1v) is 11.7. The third-order valence-electron chi connectivity index (χ3n) is 6.67. The minimum Gasteiger partial charge on any atom is -0.486 e. The smallest absolute Gasteiger partial charge is 0.416 e. The lowest BCUT2D eigenvalue weighted by molar-refractivity contribution is -0.139. The van der Waals surface area contributed by atoms with Crippen molar-refractivity contribution in [3.63, 3.8) is 0 Å². The maximum absolute atomic E-state index is 14.0. The Labute approximate surface area is 206 Å². The number of hydrogen-bond acceptors (Lipinski definition) is 5. The van der Waals surface area contributed by atoms with Gasteiger partial charge in [-0.2, -0.15) is 18.3 Å². The van der Waals surface area contributed by atoms with Gasteiger partial charge in [-0.1, -0.05) is 6.07 Å². The number of hydrogen-bond donors (Lipinski definition) is 1. The predicted octanol–water partition coefficient (Wildman–Crippen LogP) is 4.53. The van der Waals surface area contributed by atoms with Crippen LogP contribution < -0.4 is 9.47 Å². The molecule has 10 heteroatoms. The molecule has 0 saturated carbocycles. The summed E-state index contributed by atoms with van der Waals surface area (Å²) in [6.07, 6.45) is -1.07. The highest BCUT2D eigenvalue weighted by atomic mass is 19.4. The fourth-order valence-electron chi connectivity index (χ4n) is 5.10. The Balaban J connectivity index is 1.37. The summed E-state index contributed by atoms with van der Waals surface area (Å²) < 4.78 is 55.0. The fraction of sp³-hybridized carbons (Fsp3) is 0.385. The van der Waals surface area contributed by atoms with Gasteiger partial charge in [-0.05, 0) is 59.9 Å². The molecule has 0 spiro atoms. The second-order valence-electron chi connectivity index (χ2n) is 9.19. The van der Waals surface area contributed by atoms with E-state index in [1.54, 1.807) is 35.0 Å². The number of carboxylic acid groups (broad SMARTS) is 1. The zero-order valence-electron chi connectivity index (χ0n) is 19.7. The normalized spacial score (nSPS) is 17.5. The van der Waals surface area contributed by atoms with Crippen molar-refractivity contribution in [2.75, 3.05) is 13.2 Å². The highest BCUT2D eigenvalue weighted by molar-refractivity contribution is 5.68. The number of benzene rings is 2. The number of nitrogens with zero attached hydrogens (tertiary/aromatic N) is 3. The van der Waals surface area contributed by atoms with E-state index < -0.39 is 24.3 Å². The van der Waals surface area contributed by atoms with Gasteiger partial charge < -0.3 is 14.6 Å². The van der Waals surface area contributed by atoms with Crippen molar-refractivity contribution in [1.82, 2.24) is 14.7 Å². The molecule has 0 saturated heterocycles. The van der Waals surface area contributed by atoms with Crippen molar-refractivity contribution in [3.8, 4) is 11.5 Å². The Morgan fingerprint density at radius 3 is 2.61 bits per heavy atom. The Morgan fingerprint density at radius 2 is 1.89 bits per heavy atom. The predicted molar refractivity (Wildman–Crippen MR) is 124 cm³/mol. The molecule has 2 aromatic carbocycles. The molecule has 1 atom stereocenters. The molecule has 0 fully saturated rings. The Hall–Kier alpha value is -3.53. The van der Waals surface area contributed by atoms with Crippen LogP contribution in [0.5, 0.6) is 11.5 Å². The monoisotopic (exact) mass is 501 g/mol. The number of carboxylic acids is 1. The number of carbonyl (C=O) groups is 1. The highest BCUT2D eigenvalue weighted by Gasteiger charge is 2.38. The number of fused-ring (bicyclic) bond motifs is 2. The molecule has 190 valence electrons. The molecule has 1 aromatic heterocycles. The summed E-state index contributed by atoms with van der Waals surface area (Å²) in [6.45, 7) is 0.996. The van der Waals surface area contributed by atoms with Crippen LogP contribution in [0.4, 0.5) is 13.2 Å². The first-order valence-electron chi connectivity index (χ1n) is 11.7. The molecule has 1 aliphatic heterocycles. The molecule has 5 rings (SSSR count). The highest BCUT2D eigenvalue weighted by Crippen LogP contribution is 2.43. The number of halogens is 3. The Kier molecular flexibility index (Phi) is 6.38. The number of ether oxygens (including phenoxy) is 2. The van der Waals surface area contributed by atoms with Crippen molar-refractivity contribution in [3.05, 3.63) is 76.1 Å². The van der Waals surface area contributed by atoms with Gasteiger partial charge in [0.05, 0.1) is 11.3 Å². The van der Waals surface area contributed by atoms with Crippen LogP contribution in [-0.2, 0) is 43.9 Å². The van der Waals surface area contributed by atoms with E-state index in [0.29, 0.717) is 55.0 Å². The van der Waals surface area contributed by atoms with Crippen molar-refractivity contribution in [1.29, 1.82) is 0 Å². The second kappa shape index (κ2) is 9.50. The van der Waals surface area contributed by atoms with Gasteiger partial charge in [0, 0.05) is 44.9 Å². The quantitative estimate of drug-likeness (QED) is 0.513. The first kappa shape index (κ1) is 24.2. The molecule has 1 aliphatic carbocycles. The third kappa shape index (κ3) is 5.04. The van der Waals surface area contributed by atoms with E-state index in [1.165, 1.54) is 6.07 Å². The molecular weight excluding hydrogens is 475 g/mol. The minimum atomic E-state index is -4.44. The van der Waals surface area contributed by atoms with Gasteiger partial charge >= 0.3 is 12.1 Å². The molecule has 3 aromatic rings. The zero-order valence-corrected chi connectivity index (χ0v) is 19.7. The van der Waals surface area contributed by atoms with Gasteiger partial charge in [0.1, 0.15) is 17.6 Å². The number of aliphatic carboxylic acids is 1. The molecule has 0 radical (unpaired) electrons. The van der Waals surface area contributed by atoms with Crippen molar-refractivity contribution in [2.24, 2.45) is 7.05 Å². The second-order valence-corrected chi connectivity index (χ2v) is 9.19. The van der Waals surface area contributed by atoms with Crippen LogP contribution in [0.1, 0.15) is 46.0 Å². The van der Waals surface area contributed by atoms with Gasteiger partial charge in [0.2, 0.25) is 0 Å². The van der Waals surface area contributed by atoms with Crippen LogP contribution in [0.15, 0.2) is 42.6 Å². The average molecular weight is 502 g/mol. The van der Waals surface area contributed by atoms with E-state index in [-0.39, 0.29) is 12.6 Å². The van der Waals surface area contributed by atoms with Gasteiger partial charge in [-0.3, -0.25) is 9.58 Å². The average Bonchev–Trinajstić information content (AvgIpc) is 3.40. The van der Waals surface area contributed by atoms with Crippen LogP contribution >= 0.6 is 0 Å².